The third kappa shape index (κ3) is 4.22. The second-order valence-corrected chi connectivity index (χ2v) is 8.49. The van der Waals surface area contributed by atoms with Crippen LogP contribution in [0.25, 0.3) is 5.69 Å². The van der Waals surface area contributed by atoms with Gasteiger partial charge in [0.1, 0.15) is 11.5 Å². The van der Waals surface area contributed by atoms with E-state index < -0.39 is 0 Å². The molecule has 0 radical (unpaired) electrons. The number of rotatable bonds is 7. The molecule has 3 heterocycles. The molecule has 6 nitrogen and oxygen atoms in total. The van der Waals surface area contributed by atoms with E-state index in [0.29, 0.717) is 11.7 Å². The zero-order valence-electron chi connectivity index (χ0n) is 19.1. The van der Waals surface area contributed by atoms with Crippen LogP contribution in [0.3, 0.4) is 0 Å². The molecular formula is C27H26N4O2S. The number of pyridine rings is 1. The highest BCUT2D eigenvalue weighted by Crippen LogP contribution is 2.40. The van der Waals surface area contributed by atoms with Crippen LogP contribution < -0.4 is 14.8 Å². The summed E-state index contributed by atoms with van der Waals surface area (Å²) in [5.41, 5.74) is 4.24. The fourth-order valence-electron chi connectivity index (χ4n) is 4.46. The molecule has 2 atom stereocenters. The summed E-state index contributed by atoms with van der Waals surface area (Å²) >= 11 is 5.85. The van der Waals surface area contributed by atoms with Crippen molar-refractivity contribution in [2.75, 3.05) is 14.2 Å². The average Bonchev–Trinajstić information content (AvgIpc) is 3.49. The summed E-state index contributed by atoms with van der Waals surface area (Å²) in [6, 6.07) is 26.2. The maximum absolute atomic E-state index is 5.85. The topological polar surface area (TPSA) is 51.5 Å². The van der Waals surface area contributed by atoms with Gasteiger partial charge in [-0.3, -0.25) is 4.98 Å². The van der Waals surface area contributed by atoms with E-state index in [9.17, 15) is 0 Å². The highest BCUT2D eigenvalue weighted by Gasteiger charge is 2.41. The fraction of sp³-hybridized carbons (Fsp3) is 0.185. The average molecular weight is 471 g/mol. The molecule has 0 saturated carbocycles. The predicted molar refractivity (Wildman–Crippen MR) is 136 cm³/mol. The molecule has 2 aromatic heterocycles. The van der Waals surface area contributed by atoms with Crippen molar-refractivity contribution in [2.45, 2.75) is 18.6 Å². The Kier molecular flexibility index (Phi) is 6.18. The second-order valence-electron chi connectivity index (χ2n) is 8.11. The van der Waals surface area contributed by atoms with E-state index in [1.54, 1.807) is 14.2 Å². The standard InChI is InChI=1S/C27H26N4O2S/c1-32-21-13-11-19(12-14-21)18-31-26(25(29-27(31)34)23-9-3-4-15-28-23)24-10-6-16-30(24)20-7-5-8-22(17-20)33-2/h3-17,25-26H,18H2,1-2H3,(H,29,34)/t25-,26+/m0/s1. The van der Waals surface area contributed by atoms with Crippen molar-refractivity contribution in [3.8, 4) is 17.2 Å². The molecule has 172 valence electrons. The molecular weight excluding hydrogens is 444 g/mol. The molecule has 1 saturated heterocycles. The molecule has 0 bridgehead atoms. The first-order valence-electron chi connectivity index (χ1n) is 11.1. The van der Waals surface area contributed by atoms with Gasteiger partial charge in [0, 0.05) is 36.4 Å². The summed E-state index contributed by atoms with van der Waals surface area (Å²) in [7, 11) is 3.36. The van der Waals surface area contributed by atoms with Gasteiger partial charge in [-0.1, -0.05) is 24.3 Å². The molecule has 0 amide bonds. The lowest BCUT2D eigenvalue weighted by Gasteiger charge is -2.29. The number of methoxy groups -OCH3 is 2. The first-order chi connectivity index (χ1) is 16.7. The van der Waals surface area contributed by atoms with Crippen LogP contribution >= 0.6 is 12.2 Å². The van der Waals surface area contributed by atoms with Gasteiger partial charge in [-0.2, -0.15) is 0 Å². The Bertz CT molecular complexity index is 1270. The minimum atomic E-state index is -0.0915. The van der Waals surface area contributed by atoms with Crippen molar-refractivity contribution >= 4 is 17.3 Å². The van der Waals surface area contributed by atoms with E-state index >= 15 is 0 Å². The highest BCUT2D eigenvalue weighted by molar-refractivity contribution is 7.80. The molecule has 34 heavy (non-hydrogen) atoms. The highest BCUT2D eigenvalue weighted by atomic mass is 32.1. The van der Waals surface area contributed by atoms with Crippen molar-refractivity contribution < 1.29 is 9.47 Å². The summed E-state index contributed by atoms with van der Waals surface area (Å²) in [6.45, 7) is 0.660. The Morgan fingerprint density at radius 3 is 2.47 bits per heavy atom. The van der Waals surface area contributed by atoms with Crippen LogP contribution in [-0.2, 0) is 6.54 Å². The molecule has 7 heteroatoms. The van der Waals surface area contributed by atoms with Gasteiger partial charge in [0.15, 0.2) is 5.11 Å². The van der Waals surface area contributed by atoms with Crippen molar-refractivity contribution in [3.05, 3.63) is 108 Å². The molecule has 0 aliphatic carbocycles. The Hall–Kier alpha value is -3.84. The molecule has 0 spiro atoms. The van der Waals surface area contributed by atoms with Crippen LogP contribution in [-0.4, -0.2) is 33.8 Å². The lowest BCUT2D eigenvalue weighted by atomic mass is 10.0. The first kappa shape index (κ1) is 22.0. The molecule has 2 aromatic carbocycles. The zero-order chi connectivity index (χ0) is 23.5. The number of aromatic nitrogens is 2. The van der Waals surface area contributed by atoms with Gasteiger partial charge in [0.05, 0.1) is 32.0 Å². The maximum atomic E-state index is 5.85. The summed E-state index contributed by atoms with van der Waals surface area (Å²) in [6.07, 6.45) is 3.90. The van der Waals surface area contributed by atoms with Gasteiger partial charge in [0.25, 0.3) is 0 Å². The number of hydrogen-bond acceptors (Lipinski definition) is 4. The van der Waals surface area contributed by atoms with E-state index in [2.05, 4.69) is 56.3 Å². The van der Waals surface area contributed by atoms with Crippen LogP contribution in [0, 0.1) is 0 Å². The molecule has 0 unspecified atom stereocenters. The number of nitrogens with one attached hydrogen (secondary N) is 1. The molecule has 1 aliphatic heterocycles. The van der Waals surface area contributed by atoms with Crippen LogP contribution in [0.15, 0.2) is 91.3 Å². The van der Waals surface area contributed by atoms with Crippen LogP contribution in [0.2, 0.25) is 0 Å². The molecule has 5 rings (SSSR count). The predicted octanol–water partition coefficient (Wildman–Crippen LogP) is 5.06. The minimum Gasteiger partial charge on any atom is -0.497 e. The zero-order valence-corrected chi connectivity index (χ0v) is 19.9. The largest absolute Gasteiger partial charge is 0.497 e. The van der Waals surface area contributed by atoms with Gasteiger partial charge in [0.2, 0.25) is 0 Å². The fourth-order valence-corrected chi connectivity index (χ4v) is 4.76. The summed E-state index contributed by atoms with van der Waals surface area (Å²) < 4.78 is 13.0. The lowest BCUT2D eigenvalue weighted by Crippen LogP contribution is -2.30. The lowest BCUT2D eigenvalue weighted by molar-refractivity contribution is 0.302. The van der Waals surface area contributed by atoms with Crippen molar-refractivity contribution in [3.63, 3.8) is 0 Å². The third-order valence-corrected chi connectivity index (χ3v) is 6.48. The van der Waals surface area contributed by atoms with Crippen molar-refractivity contribution in [1.82, 2.24) is 19.8 Å². The number of benzene rings is 2. The monoisotopic (exact) mass is 470 g/mol. The van der Waals surface area contributed by atoms with Gasteiger partial charge >= 0.3 is 0 Å². The van der Waals surface area contributed by atoms with Crippen LogP contribution in [0.4, 0.5) is 0 Å². The Morgan fingerprint density at radius 2 is 1.74 bits per heavy atom. The number of thiocarbonyl (C=S) groups is 1. The summed E-state index contributed by atoms with van der Waals surface area (Å²) in [5.74, 6) is 1.65. The quantitative estimate of drug-likeness (QED) is 0.381. The minimum absolute atomic E-state index is 0.0642. The van der Waals surface area contributed by atoms with Crippen LogP contribution in [0.1, 0.15) is 29.0 Å². The molecule has 1 fully saturated rings. The van der Waals surface area contributed by atoms with Gasteiger partial charge in [-0.25, -0.2) is 0 Å². The Labute approximate surface area is 204 Å². The summed E-state index contributed by atoms with van der Waals surface area (Å²) in [5, 5.41) is 4.24. The van der Waals surface area contributed by atoms with Gasteiger partial charge in [-0.15, -0.1) is 0 Å². The Morgan fingerprint density at radius 1 is 0.912 bits per heavy atom. The van der Waals surface area contributed by atoms with Crippen molar-refractivity contribution in [2.24, 2.45) is 0 Å². The molecule has 1 N–H and O–H groups in total. The first-order valence-corrected chi connectivity index (χ1v) is 11.5. The van der Waals surface area contributed by atoms with Crippen molar-refractivity contribution in [1.29, 1.82) is 0 Å². The Balaban J connectivity index is 1.57. The van der Waals surface area contributed by atoms with E-state index in [4.69, 9.17) is 21.7 Å². The number of ether oxygens (including phenoxy) is 2. The normalized spacial score (nSPS) is 17.5. The maximum Gasteiger partial charge on any atom is 0.170 e. The van der Waals surface area contributed by atoms with Gasteiger partial charge < -0.3 is 24.3 Å². The van der Waals surface area contributed by atoms with E-state index in [1.165, 1.54) is 0 Å². The van der Waals surface area contributed by atoms with E-state index in [1.807, 2.05) is 54.7 Å². The smallest absolute Gasteiger partial charge is 0.170 e. The SMILES string of the molecule is COc1ccc(CN2C(=S)N[C@@H](c3ccccn3)[C@H]2c2cccn2-c2cccc(OC)c2)cc1. The third-order valence-electron chi connectivity index (χ3n) is 6.12. The molecule has 4 aromatic rings. The van der Waals surface area contributed by atoms with Gasteiger partial charge in [-0.05, 0) is 66.3 Å². The summed E-state index contributed by atoms with van der Waals surface area (Å²) in [4.78, 5) is 6.89. The van der Waals surface area contributed by atoms with Crippen LogP contribution in [0.5, 0.6) is 11.5 Å². The number of nitrogens with zero attached hydrogens (tertiary/aromatic N) is 3. The van der Waals surface area contributed by atoms with E-state index in [0.717, 1.165) is 34.1 Å². The van der Waals surface area contributed by atoms with E-state index in [-0.39, 0.29) is 12.1 Å². The second kappa shape index (κ2) is 9.57. The molecule has 1 aliphatic rings. The number of hydrogen-bond donors (Lipinski definition) is 1.